The molecule has 2 unspecified atom stereocenters. The molecule has 1 fully saturated rings. The van der Waals surface area contributed by atoms with Crippen molar-refractivity contribution in [1.82, 2.24) is 10.2 Å². The topological polar surface area (TPSA) is 35.5 Å². The van der Waals surface area contributed by atoms with Crippen molar-refractivity contribution in [1.29, 1.82) is 0 Å². The van der Waals surface area contributed by atoms with E-state index in [1.807, 2.05) is 6.07 Å². The Kier molecular flexibility index (Phi) is 3.93. The lowest BCUT2D eigenvalue weighted by atomic mass is 10.1. The van der Waals surface area contributed by atoms with Crippen molar-refractivity contribution in [2.75, 3.05) is 26.7 Å². The predicted octanol–water partition coefficient (Wildman–Crippen LogP) is 0.494. The Bertz CT molecular complexity index is 315. The SMILES string of the molecule is CN(CCc1ccccc1)C1CNCC1O. The van der Waals surface area contributed by atoms with Gasteiger partial charge in [0.05, 0.1) is 6.10 Å². The number of aliphatic hydroxyl groups excluding tert-OH is 1. The summed E-state index contributed by atoms with van der Waals surface area (Å²) < 4.78 is 0. The van der Waals surface area contributed by atoms with Crippen molar-refractivity contribution in [3.63, 3.8) is 0 Å². The number of nitrogens with one attached hydrogen (secondary N) is 1. The Hall–Kier alpha value is -0.900. The van der Waals surface area contributed by atoms with E-state index in [-0.39, 0.29) is 12.1 Å². The highest BCUT2D eigenvalue weighted by atomic mass is 16.3. The number of aliphatic hydroxyl groups is 1. The number of rotatable bonds is 4. The Morgan fingerprint density at radius 3 is 2.69 bits per heavy atom. The molecule has 16 heavy (non-hydrogen) atoms. The third-order valence-electron chi connectivity index (χ3n) is 3.31. The van der Waals surface area contributed by atoms with Crippen LogP contribution in [0.2, 0.25) is 0 Å². The van der Waals surface area contributed by atoms with Crippen LogP contribution in [-0.4, -0.2) is 48.8 Å². The molecule has 2 N–H and O–H groups in total. The number of hydrogen-bond donors (Lipinski definition) is 2. The monoisotopic (exact) mass is 220 g/mol. The van der Waals surface area contributed by atoms with Crippen LogP contribution in [-0.2, 0) is 6.42 Å². The van der Waals surface area contributed by atoms with Gasteiger partial charge in [-0.2, -0.15) is 0 Å². The molecule has 1 aliphatic rings. The molecule has 0 amide bonds. The third kappa shape index (κ3) is 2.82. The fourth-order valence-electron chi connectivity index (χ4n) is 2.22. The average Bonchev–Trinajstić information content (AvgIpc) is 2.74. The van der Waals surface area contributed by atoms with Crippen LogP contribution in [0.1, 0.15) is 5.56 Å². The fourth-order valence-corrected chi connectivity index (χ4v) is 2.22. The first-order chi connectivity index (χ1) is 7.77. The summed E-state index contributed by atoms with van der Waals surface area (Å²) in [6.07, 6.45) is 0.821. The van der Waals surface area contributed by atoms with Crippen LogP contribution in [0.5, 0.6) is 0 Å². The predicted molar refractivity (Wildman–Crippen MR) is 65.4 cm³/mol. The Morgan fingerprint density at radius 2 is 2.06 bits per heavy atom. The zero-order valence-corrected chi connectivity index (χ0v) is 9.76. The minimum Gasteiger partial charge on any atom is -0.390 e. The normalized spacial score (nSPS) is 25.2. The zero-order chi connectivity index (χ0) is 11.4. The van der Waals surface area contributed by atoms with Crippen molar-refractivity contribution in [2.24, 2.45) is 0 Å². The maximum Gasteiger partial charge on any atom is 0.0831 e. The molecule has 88 valence electrons. The molecule has 1 aliphatic heterocycles. The van der Waals surface area contributed by atoms with Crippen LogP contribution >= 0.6 is 0 Å². The highest BCUT2D eigenvalue weighted by Gasteiger charge is 2.27. The zero-order valence-electron chi connectivity index (χ0n) is 9.76. The van der Waals surface area contributed by atoms with E-state index in [1.54, 1.807) is 0 Å². The van der Waals surface area contributed by atoms with Crippen molar-refractivity contribution < 1.29 is 5.11 Å². The van der Waals surface area contributed by atoms with Gasteiger partial charge in [0.25, 0.3) is 0 Å². The molecule has 2 atom stereocenters. The lowest BCUT2D eigenvalue weighted by molar-refractivity contribution is 0.100. The molecule has 2 rings (SSSR count). The largest absolute Gasteiger partial charge is 0.390 e. The maximum absolute atomic E-state index is 9.75. The quantitative estimate of drug-likeness (QED) is 0.775. The Labute approximate surface area is 97.1 Å². The molecule has 0 bridgehead atoms. The molecule has 3 nitrogen and oxygen atoms in total. The van der Waals surface area contributed by atoms with Crippen LogP contribution < -0.4 is 5.32 Å². The molecule has 0 saturated carbocycles. The van der Waals surface area contributed by atoms with E-state index >= 15 is 0 Å². The molecule has 0 aliphatic carbocycles. The second-order valence-corrected chi connectivity index (χ2v) is 4.51. The molecule has 1 aromatic carbocycles. The standard InChI is InChI=1S/C13H20N2O/c1-15(12-9-14-10-13(12)16)8-7-11-5-3-2-4-6-11/h2-6,12-14,16H,7-10H2,1H3. The van der Waals surface area contributed by atoms with E-state index in [0.717, 1.165) is 26.1 Å². The molecule has 1 heterocycles. The lowest BCUT2D eigenvalue weighted by Crippen LogP contribution is -2.41. The summed E-state index contributed by atoms with van der Waals surface area (Å²) in [5, 5.41) is 13.0. The van der Waals surface area contributed by atoms with E-state index in [4.69, 9.17) is 0 Å². The fraction of sp³-hybridized carbons (Fsp3) is 0.538. The highest BCUT2D eigenvalue weighted by Crippen LogP contribution is 2.08. The minimum atomic E-state index is -0.222. The molecular formula is C13H20N2O. The van der Waals surface area contributed by atoms with Gasteiger partial charge in [-0.15, -0.1) is 0 Å². The molecule has 1 saturated heterocycles. The van der Waals surface area contributed by atoms with Gasteiger partial charge in [0.2, 0.25) is 0 Å². The minimum absolute atomic E-state index is 0.222. The summed E-state index contributed by atoms with van der Waals surface area (Å²) in [7, 11) is 2.09. The number of hydrogen-bond acceptors (Lipinski definition) is 3. The summed E-state index contributed by atoms with van der Waals surface area (Å²) in [6, 6.07) is 10.7. The van der Waals surface area contributed by atoms with Gasteiger partial charge in [-0.25, -0.2) is 0 Å². The number of nitrogens with zero attached hydrogens (tertiary/aromatic N) is 1. The smallest absolute Gasteiger partial charge is 0.0831 e. The van der Waals surface area contributed by atoms with E-state index in [1.165, 1.54) is 5.56 Å². The Balaban J connectivity index is 1.81. The lowest BCUT2D eigenvalue weighted by Gasteiger charge is -2.26. The van der Waals surface area contributed by atoms with Crippen molar-refractivity contribution >= 4 is 0 Å². The van der Waals surface area contributed by atoms with Gasteiger partial charge in [-0.1, -0.05) is 30.3 Å². The molecule has 0 aromatic heterocycles. The van der Waals surface area contributed by atoms with Gasteiger partial charge in [0.1, 0.15) is 0 Å². The molecule has 0 spiro atoms. The van der Waals surface area contributed by atoms with Crippen LogP contribution in [0.3, 0.4) is 0 Å². The van der Waals surface area contributed by atoms with E-state index in [0.29, 0.717) is 0 Å². The van der Waals surface area contributed by atoms with Crippen molar-refractivity contribution in [3.05, 3.63) is 35.9 Å². The highest BCUT2D eigenvalue weighted by molar-refractivity contribution is 5.14. The second kappa shape index (κ2) is 5.43. The number of likely N-dealkylation sites (N-methyl/N-ethyl adjacent to an activating group) is 1. The van der Waals surface area contributed by atoms with Crippen LogP contribution in [0.4, 0.5) is 0 Å². The molecule has 3 heteroatoms. The first-order valence-corrected chi connectivity index (χ1v) is 5.90. The summed E-state index contributed by atoms with van der Waals surface area (Å²) in [4.78, 5) is 2.25. The van der Waals surface area contributed by atoms with Gasteiger partial charge in [-0.3, -0.25) is 4.90 Å². The summed E-state index contributed by atoms with van der Waals surface area (Å²) in [5.74, 6) is 0. The second-order valence-electron chi connectivity index (χ2n) is 4.51. The van der Waals surface area contributed by atoms with Crippen molar-refractivity contribution in [3.8, 4) is 0 Å². The third-order valence-corrected chi connectivity index (χ3v) is 3.31. The van der Waals surface area contributed by atoms with Crippen LogP contribution in [0, 0.1) is 0 Å². The van der Waals surface area contributed by atoms with E-state index in [2.05, 4.69) is 41.5 Å². The molecular weight excluding hydrogens is 200 g/mol. The van der Waals surface area contributed by atoms with Gasteiger partial charge in [0.15, 0.2) is 0 Å². The van der Waals surface area contributed by atoms with E-state index < -0.39 is 0 Å². The summed E-state index contributed by atoms with van der Waals surface area (Å²) in [5.41, 5.74) is 1.36. The number of benzene rings is 1. The summed E-state index contributed by atoms with van der Waals surface area (Å²) >= 11 is 0. The average molecular weight is 220 g/mol. The van der Waals surface area contributed by atoms with Crippen LogP contribution in [0.25, 0.3) is 0 Å². The molecule has 0 radical (unpaired) electrons. The maximum atomic E-state index is 9.75. The first-order valence-electron chi connectivity index (χ1n) is 5.90. The van der Waals surface area contributed by atoms with Gasteiger partial charge < -0.3 is 10.4 Å². The van der Waals surface area contributed by atoms with Gasteiger partial charge in [0, 0.05) is 25.7 Å². The molecule has 1 aromatic rings. The van der Waals surface area contributed by atoms with Gasteiger partial charge in [-0.05, 0) is 19.0 Å². The number of β-amino-alcohol motifs (C(OH)–C–C–N with tert-alkyl or cyclic N) is 1. The van der Waals surface area contributed by atoms with Crippen LogP contribution in [0.15, 0.2) is 30.3 Å². The van der Waals surface area contributed by atoms with E-state index in [9.17, 15) is 5.11 Å². The summed E-state index contributed by atoms with van der Waals surface area (Å²) in [6.45, 7) is 2.61. The Morgan fingerprint density at radius 1 is 1.31 bits per heavy atom. The first kappa shape index (κ1) is 11.6. The van der Waals surface area contributed by atoms with Crippen molar-refractivity contribution in [2.45, 2.75) is 18.6 Å². The van der Waals surface area contributed by atoms with Gasteiger partial charge >= 0.3 is 0 Å².